The zero-order chi connectivity index (χ0) is 11.8. The molecular weight excluding hydrogens is 256 g/mol. The third-order valence-electron chi connectivity index (χ3n) is 2.52. The van der Waals surface area contributed by atoms with Crippen molar-refractivity contribution in [2.24, 2.45) is 0 Å². The van der Waals surface area contributed by atoms with Gasteiger partial charge in [-0.3, -0.25) is 4.79 Å². The number of thiophene rings is 1. The zero-order valence-electron chi connectivity index (χ0n) is 8.61. The smallest absolute Gasteiger partial charge is 0.268 e. The van der Waals surface area contributed by atoms with Crippen molar-refractivity contribution in [3.63, 3.8) is 0 Å². The number of aromatic nitrogens is 2. The molecule has 0 bridgehead atoms. The van der Waals surface area contributed by atoms with Crippen molar-refractivity contribution in [2.75, 3.05) is 0 Å². The van der Waals surface area contributed by atoms with Crippen molar-refractivity contribution in [2.45, 2.75) is 0 Å². The van der Waals surface area contributed by atoms with E-state index in [-0.39, 0.29) is 5.56 Å². The minimum atomic E-state index is -0.0970. The third kappa shape index (κ3) is 1.75. The molecule has 0 fully saturated rings. The predicted octanol–water partition coefficient (Wildman–Crippen LogP) is 3.31. The highest BCUT2D eigenvalue weighted by atomic mass is 35.5. The van der Waals surface area contributed by atoms with E-state index in [2.05, 4.69) is 9.97 Å². The summed E-state index contributed by atoms with van der Waals surface area (Å²) in [5.41, 5.74) is 2.62. The van der Waals surface area contributed by atoms with Crippen LogP contribution in [0.2, 0.25) is 5.02 Å². The Labute approximate surface area is 106 Å². The van der Waals surface area contributed by atoms with Crippen LogP contribution in [-0.4, -0.2) is 9.97 Å². The van der Waals surface area contributed by atoms with Gasteiger partial charge in [-0.05, 0) is 17.7 Å². The molecule has 2 aromatic heterocycles. The molecule has 1 aromatic carbocycles. The summed E-state index contributed by atoms with van der Waals surface area (Å²) in [5.74, 6) is 0. The first-order chi connectivity index (χ1) is 8.25. The first-order valence-corrected chi connectivity index (χ1v) is 6.22. The minimum absolute atomic E-state index is 0.0970. The summed E-state index contributed by atoms with van der Waals surface area (Å²) in [4.78, 5) is 18.4. The quantitative estimate of drug-likeness (QED) is 0.731. The number of rotatable bonds is 1. The van der Waals surface area contributed by atoms with Crippen LogP contribution >= 0.6 is 22.9 Å². The van der Waals surface area contributed by atoms with Crippen molar-refractivity contribution in [1.82, 2.24) is 9.97 Å². The van der Waals surface area contributed by atoms with Gasteiger partial charge in [-0.2, -0.15) is 0 Å². The molecule has 3 aromatic rings. The van der Waals surface area contributed by atoms with Gasteiger partial charge in [0.05, 0.1) is 11.8 Å². The van der Waals surface area contributed by atoms with E-state index in [1.165, 1.54) is 17.7 Å². The molecule has 0 atom stereocenters. The molecule has 17 heavy (non-hydrogen) atoms. The molecule has 2 heterocycles. The highest BCUT2D eigenvalue weighted by molar-refractivity contribution is 7.17. The Bertz CT molecular complexity index is 730. The number of hydrogen-bond donors (Lipinski definition) is 1. The van der Waals surface area contributed by atoms with E-state index in [1.807, 2.05) is 29.6 Å². The highest BCUT2D eigenvalue weighted by Crippen LogP contribution is 2.30. The standard InChI is InChI=1S/C12H7ClN2OS/c13-8-3-1-7(2-4-8)9-5-17-11-10(9)14-6-15-12(11)16/h1-6H,(H,14,15,16). The van der Waals surface area contributed by atoms with Gasteiger partial charge >= 0.3 is 0 Å². The second kappa shape index (κ2) is 3.98. The number of nitrogens with one attached hydrogen (secondary N) is 1. The van der Waals surface area contributed by atoms with Crippen molar-refractivity contribution in [3.8, 4) is 11.1 Å². The van der Waals surface area contributed by atoms with E-state index < -0.39 is 0 Å². The average Bonchev–Trinajstić information content (AvgIpc) is 2.75. The van der Waals surface area contributed by atoms with Crippen molar-refractivity contribution in [3.05, 3.63) is 51.3 Å². The minimum Gasteiger partial charge on any atom is -0.312 e. The SMILES string of the molecule is O=c1[nH]cnc2c(-c3ccc(Cl)cc3)csc12. The van der Waals surface area contributed by atoms with Gasteiger partial charge in [0.1, 0.15) is 4.70 Å². The fourth-order valence-electron chi connectivity index (χ4n) is 1.70. The maximum atomic E-state index is 11.6. The predicted molar refractivity (Wildman–Crippen MR) is 70.7 cm³/mol. The number of aromatic amines is 1. The van der Waals surface area contributed by atoms with E-state index in [1.54, 1.807) is 0 Å². The van der Waals surface area contributed by atoms with Crippen LogP contribution in [0.25, 0.3) is 21.3 Å². The maximum absolute atomic E-state index is 11.6. The van der Waals surface area contributed by atoms with Gasteiger partial charge in [-0.1, -0.05) is 23.7 Å². The maximum Gasteiger partial charge on any atom is 0.268 e. The lowest BCUT2D eigenvalue weighted by molar-refractivity contribution is 1.18. The fourth-order valence-corrected chi connectivity index (χ4v) is 2.75. The van der Waals surface area contributed by atoms with Crippen LogP contribution in [0.1, 0.15) is 0 Å². The van der Waals surface area contributed by atoms with Gasteiger partial charge in [-0.15, -0.1) is 11.3 Å². The highest BCUT2D eigenvalue weighted by Gasteiger charge is 2.09. The molecule has 84 valence electrons. The van der Waals surface area contributed by atoms with Crippen molar-refractivity contribution < 1.29 is 0 Å². The molecule has 1 N–H and O–H groups in total. The molecule has 0 aliphatic heterocycles. The van der Waals surface area contributed by atoms with Crippen molar-refractivity contribution >= 4 is 33.2 Å². The lowest BCUT2D eigenvalue weighted by atomic mass is 10.1. The Morgan fingerprint density at radius 3 is 2.76 bits per heavy atom. The summed E-state index contributed by atoms with van der Waals surface area (Å²) < 4.78 is 0.650. The molecule has 0 aliphatic carbocycles. The topological polar surface area (TPSA) is 45.8 Å². The van der Waals surface area contributed by atoms with Crippen LogP contribution in [-0.2, 0) is 0 Å². The zero-order valence-corrected chi connectivity index (χ0v) is 10.2. The third-order valence-corrected chi connectivity index (χ3v) is 3.74. The molecular formula is C12H7ClN2OS. The molecule has 3 rings (SSSR count). The molecule has 0 amide bonds. The van der Waals surface area contributed by atoms with E-state index in [9.17, 15) is 4.79 Å². The second-order valence-corrected chi connectivity index (χ2v) is 4.88. The van der Waals surface area contributed by atoms with Crippen LogP contribution < -0.4 is 5.56 Å². The number of nitrogens with zero attached hydrogens (tertiary/aromatic N) is 1. The van der Waals surface area contributed by atoms with Crippen molar-refractivity contribution in [1.29, 1.82) is 0 Å². The lowest BCUT2D eigenvalue weighted by Gasteiger charge is -1.98. The Hall–Kier alpha value is -1.65. The van der Waals surface area contributed by atoms with Crippen LogP contribution in [0.15, 0.2) is 40.8 Å². The molecule has 0 spiro atoms. The summed E-state index contributed by atoms with van der Waals surface area (Å²) >= 11 is 7.25. The van der Waals surface area contributed by atoms with E-state index in [0.717, 1.165) is 16.6 Å². The Morgan fingerprint density at radius 1 is 1.24 bits per heavy atom. The summed E-state index contributed by atoms with van der Waals surface area (Å²) in [5, 5.41) is 2.63. The van der Waals surface area contributed by atoms with E-state index in [0.29, 0.717) is 9.72 Å². The summed E-state index contributed by atoms with van der Waals surface area (Å²) in [7, 11) is 0. The van der Waals surface area contributed by atoms with Gasteiger partial charge in [0.15, 0.2) is 0 Å². The van der Waals surface area contributed by atoms with Crippen LogP contribution in [0.5, 0.6) is 0 Å². The molecule has 0 aliphatic rings. The summed E-state index contributed by atoms with van der Waals surface area (Å²) in [6.45, 7) is 0. The molecule has 5 heteroatoms. The Kier molecular flexibility index (Phi) is 2.46. The van der Waals surface area contributed by atoms with E-state index in [4.69, 9.17) is 11.6 Å². The van der Waals surface area contributed by atoms with Gasteiger partial charge in [-0.25, -0.2) is 4.98 Å². The van der Waals surface area contributed by atoms with E-state index >= 15 is 0 Å². The monoisotopic (exact) mass is 262 g/mol. The molecule has 0 saturated heterocycles. The number of H-pyrrole nitrogens is 1. The molecule has 0 saturated carbocycles. The van der Waals surface area contributed by atoms with Crippen LogP contribution in [0.3, 0.4) is 0 Å². The summed E-state index contributed by atoms with van der Waals surface area (Å²) in [6.07, 6.45) is 1.43. The Balaban J connectivity index is 2.28. The van der Waals surface area contributed by atoms with Crippen LogP contribution in [0.4, 0.5) is 0 Å². The van der Waals surface area contributed by atoms with Gasteiger partial charge in [0.25, 0.3) is 5.56 Å². The first-order valence-electron chi connectivity index (χ1n) is 4.96. The number of benzene rings is 1. The van der Waals surface area contributed by atoms with Crippen LogP contribution in [0, 0.1) is 0 Å². The average molecular weight is 263 g/mol. The normalized spacial score (nSPS) is 10.9. The summed E-state index contributed by atoms with van der Waals surface area (Å²) in [6, 6.07) is 7.50. The molecule has 0 unspecified atom stereocenters. The number of halogens is 1. The first kappa shape index (κ1) is 10.5. The molecule has 3 nitrogen and oxygen atoms in total. The van der Waals surface area contributed by atoms with Gasteiger partial charge in [0.2, 0.25) is 0 Å². The Morgan fingerprint density at radius 2 is 2.00 bits per heavy atom. The van der Waals surface area contributed by atoms with Gasteiger partial charge in [0, 0.05) is 16.0 Å². The lowest BCUT2D eigenvalue weighted by Crippen LogP contribution is -2.03. The second-order valence-electron chi connectivity index (χ2n) is 3.57. The molecule has 0 radical (unpaired) electrons. The van der Waals surface area contributed by atoms with Gasteiger partial charge < -0.3 is 4.98 Å². The fraction of sp³-hybridized carbons (Fsp3) is 0. The number of fused-ring (bicyclic) bond motifs is 1. The number of hydrogen-bond acceptors (Lipinski definition) is 3. The largest absolute Gasteiger partial charge is 0.312 e.